The molecular formula is C20H25ClN2O3. The van der Waals surface area contributed by atoms with Gasteiger partial charge in [-0.2, -0.15) is 0 Å². The van der Waals surface area contributed by atoms with Gasteiger partial charge in [-0.25, -0.2) is 9.59 Å². The number of hydrogen-bond donors (Lipinski definition) is 1. The number of rotatable bonds is 4. The van der Waals surface area contributed by atoms with Crippen LogP contribution >= 0.6 is 11.6 Å². The van der Waals surface area contributed by atoms with Gasteiger partial charge in [-0.1, -0.05) is 36.2 Å². The number of esters is 1. The molecule has 1 atom stereocenters. The van der Waals surface area contributed by atoms with Gasteiger partial charge in [0.25, 0.3) is 0 Å². The van der Waals surface area contributed by atoms with Gasteiger partial charge in [0.05, 0.1) is 11.6 Å². The molecule has 0 bridgehead atoms. The highest BCUT2D eigenvalue weighted by Crippen LogP contribution is 2.35. The van der Waals surface area contributed by atoms with Crippen LogP contribution in [0.5, 0.6) is 0 Å². The third kappa shape index (κ3) is 3.73. The van der Waals surface area contributed by atoms with E-state index in [0.717, 1.165) is 25.7 Å². The number of urea groups is 1. The first kappa shape index (κ1) is 18.8. The zero-order valence-electron chi connectivity index (χ0n) is 15.3. The molecule has 1 aromatic rings. The van der Waals surface area contributed by atoms with Crippen molar-refractivity contribution in [1.29, 1.82) is 0 Å². The van der Waals surface area contributed by atoms with E-state index in [1.165, 1.54) is 6.42 Å². The smallest absolute Gasteiger partial charge is 0.338 e. The van der Waals surface area contributed by atoms with E-state index in [4.69, 9.17) is 16.3 Å². The molecule has 1 aliphatic carbocycles. The summed E-state index contributed by atoms with van der Waals surface area (Å²) in [7, 11) is 0. The summed E-state index contributed by atoms with van der Waals surface area (Å²) < 4.78 is 5.80. The van der Waals surface area contributed by atoms with Gasteiger partial charge in [-0.15, -0.1) is 0 Å². The van der Waals surface area contributed by atoms with Crippen LogP contribution in [0, 0.1) is 0 Å². The van der Waals surface area contributed by atoms with E-state index in [-0.39, 0.29) is 18.1 Å². The minimum Gasteiger partial charge on any atom is -0.459 e. The maximum Gasteiger partial charge on any atom is 0.338 e. The number of nitrogens with zero attached hydrogens (tertiary/aromatic N) is 1. The van der Waals surface area contributed by atoms with Crippen LogP contribution in [0.4, 0.5) is 4.79 Å². The molecule has 6 heteroatoms. The number of nitrogens with one attached hydrogen (secondary N) is 1. The lowest BCUT2D eigenvalue weighted by Crippen LogP contribution is -2.48. The number of ether oxygens (including phenoxy) is 1. The van der Waals surface area contributed by atoms with E-state index in [1.807, 2.05) is 25.1 Å². The Morgan fingerprint density at radius 3 is 2.62 bits per heavy atom. The highest BCUT2D eigenvalue weighted by Gasteiger charge is 2.37. The summed E-state index contributed by atoms with van der Waals surface area (Å²) in [5.41, 5.74) is 1.79. The fraction of sp³-hybridized carbons (Fsp3) is 0.500. The van der Waals surface area contributed by atoms with Crippen LogP contribution in [-0.2, 0) is 9.53 Å². The average molecular weight is 377 g/mol. The Labute approximate surface area is 159 Å². The maximum atomic E-state index is 13.0. The number of hydrogen-bond acceptors (Lipinski definition) is 3. The molecule has 1 saturated carbocycles. The van der Waals surface area contributed by atoms with Crippen molar-refractivity contribution in [3.8, 4) is 0 Å². The number of halogens is 1. The Kier molecular flexibility index (Phi) is 5.87. The minimum absolute atomic E-state index is 0.0452. The minimum atomic E-state index is -0.602. The van der Waals surface area contributed by atoms with Crippen molar-refractivity contribution < 1.29 is 14.3 Å². The third-order valence-corrected chi connectivity index (χ3v) is 5.52. The summed E-state index contributed by atoms with van der Waals surface area (Å²) in [5, 5.41) is 3.43. The monoisotopic (exact) mass is 376 g/mol. The average Bonchev–Trinajstić information content (AvgIpc) is 2.62. The first-order chi connectivity index (χ1) is 12.5. The lowest BCUT2D eigenvalue weighted by Gasteiger charge is -2.35. The van der Waals surface area contributed by atoms with E-state index >= 15 is 0 Å². The lowest BCUT2D eigenvalue weighted by molar-refractivity contribution is -0.146. The van der Waals surface area contributed by atoms with Crippen molar-refractivity contribution in [1.82, 2.24) is 10.2 Å². The molecule has 2 amide bonds. The summed E-state index contributed by atoms with van der Waals surface area (Å²) in [6, 6.07) is 6.43. The van der Waals surface area contributed by atoms with Gasteiger partial charge in [0, 0.05) is 17.3 Å². The Morgan fingerprint density at radius 2 is 1.96 bits per heavy atom. The van der Waals surface area contributed by atoms with E-state index in [0.29, 0.717) is 28.4 Å². The summed E-state index contributed by atoms with van der Waals surface area (Å²) >= 11 is 6.35. The lowest BCUT2D eigenvalue weighted by atomic mass is 9.94. The molecule has 0 radical (unpaired) electrons. The van der Waals surface area contributed by atoms with Gasteiger partial charge in [0.2, 0.25) is 0 Å². The van der Waals surface area contributed by atoms with Gasteiger partial charge >= 0.3 is 12.0 Å². The third-order valence-electron chi connectivity index (χ3n) is 5.17. The van der Waals surface area contributed by atoms with Crippen molar-refractivity contribution in [2.45, 2.75) is 58.1 Å². The summed E-state index contributed by atoms with van der Waals surface area (Å²) in [5.74, 6) is -0.363. The molecule has 0 unspecified atom stereocenters. The van der Waals surface area contributed by atoms with Crippen LogP contribution < -0.4 is 5.32 Å². The van der Waals surface area contributed by atoms with Crippen LogP contribution in [0.3, 0.4) is 0 Å². The van der Waals surface area contributed by atoms with E-state index in [1.54, 1.807) is 17.9 Å². The van der Waals surface area contributed by atoms with E-state index < -0.39 is 6.04 Å². The molecular weight excluding hydrogens is 352 g/mol. The molecule has 26 heavy (non-hydrogen) atoms. The fourth-order valence-electron chi connectivity index (χ4n) is 3.77. The quantitative estimate of drug-likeness (QED) is 0.782. The topological polar surface area (TPSA) is 58.6 Å². The standard InChI is InChI=1S/C20H25ClN2O3/c1-3-23-13(2)17(19(24)26-14-9-5-4-6-10-14)18(22-20(23)25)15-11-7-8-12-16(15)21/h7-8,11-12,14,18H,3-6,9-10H2,1-2H3,(H,22,25)/t18-/m1/s1. The Balaban J connectivity index is 1.96. The number of carbonyl (C=O) groups is 2. The van der Waals surface area contributed by atoms with Gasteiger partial charge in [0.1, 0.15) is 6.10 Å². The van der Waals surface area contributed by atoms with Crippen LogP contribution in [0.25, 0.3) is 0 Å². The highest BCUT2D eigenvalue weighted by atomic mass is 35.5. The molecule has 0 aromatic heterocycles. The van der Waals surface area contributed by atoms with Crippen LogP contribution in [0.2, 0.25) is 5.02 Å². The SMILES string of the molecule is CCN1C(=O)N[C@H](c2ccccc2Cl)C(C(=O)OC2CCCCC2)=C1C. The zero-order valence-corrected chi connectivity index (χ0v) is 16.0. The Bertz CT molecular complexity index is 726. The number of benzene rings is 1. The second-order valence-electron chi connectivity index (χ2n) is 6.81. The van der Waals surface area contributed by atoms with Crippen molar-refractivity contribution in [3.63, 3.8) is 0 Å². The van der Waals surface area contributed by atoms with Crippen molar-refractivity contribution in [2.24, 2.45) is 0 Å². The molecule has 1 N–H and O–H groups in total. The summed E-state index contributed by atoms with van der Waals surface area (Å²) in [6.45, 7) is 4.15. The van der Waals surface area contributed by atoms with E-state index in [9.17, 15) is 9.59 Å². The predicted molar refractivity (Wildman–Crippen MR) is 101 cm³/mol. The Hall–Kier alpha value is -2.01. The van der Waals surface area contributed by atoms with Crippen LogP contribution in [-0.4, -0.2) is 29.5 Å². The molecule has 140 valence electrons. The predicted octanol–water partition coefficient (Wildman–Crippen LogP) is 4.58. The molecule has 1 aliphatic heterocycles. The first-order valence-electron chi connectivity index (χ1n) is 9.27. The van der Waals surface area contributed by atoms with Gasteiger partial charge in [0.15, 0.2) is 0 Å². The molecule has 0 saturated heterocycles. The number of allylic oxidation sites excluding steroid dienone is 1. The largest absolute Gasteiger partial charge is 0.459 e. The number of amides is 2. The second-order valence-corrected chi connectivity index (χ2v) is 7.22. The summed E-state index contributed by atoms with van der Waals surface area (Å²) in [4.78, 5) is 27.1. The van der Waals surface area contributed by atoms with Crippen molar-refractivity contribution in [3.05, 3.63) is 46.1 Å². The van der Waals surface area contributed by atoms with Crippen molar-refractivity contribution >= 4 is 23.6 Å². The second kappa shape index (κ2) is 8.12. The van der Waals surface area contributed by atoms with Crippen molar-refractivity contribution in [2.75, 3.05) is 6.54 Å². The number of carbonyl (C=O) groups excluding carboxylic acids is 2. The molecule has 3 rings (SSSR count). The van der Waals surface area contributed by atoms with Crippen LogP contribution in [0.15, 0.2) is 35.5 Å². The highest BCUT2D eigenvalue weighted by molar-refractivity contribution is 6.31. The van der Waals surface area contributed by atoms with Crippen LogP contribution in [0.1, 0.15) is 57.6 Å². The first-order valence-corrected chi connectivity index (χ1v) is 9.65. The molecule has 1 fully saturated rings. The molecule has 2 aliphatic rings. The maximum absolute atomic E-state index is 13.0. The molecule has 5 nitrogen and oxygen atoms in total. The van der Waals surface area contributed by atoms with Gasteiger partial charge in [-0.3, -0.25) is 4.90 Å². The molecule has 1 aromatic carbocycles. The van der Waals surface area contributed by atoms with Gasteiger partial charge in [-0.05, 0) is 51.2 Å². The van der Waals surface area contributed by atoms with Gasteiger partial charge < -0.3 is 10.1 Å². The normalized spacial score (nSPS) is 21.6. The molecule has 1 heterocycles. The Morgan fingerprint density at radius 1 is 1.27 bits per heavy atom. The molecule has 0 spiro atoms. The summed E-state index contributed by atoms with van der Waals surface area (Å²) in [6.07, 6.45) is 5.12. The fourth-order valence-corrected chi connectivity index (χ4v) is 4.01. The zero-order chi connectivity index (χ0) is 18.7. The van der Waals surface area contributed by atoms with E-state index in [2.05, 4.69) is 5.32 Å².